The van der Waals surface area contributed by atoms with Crippen molar-refractivity contribution < 1.29 is 9.90 Å². The van der Waals surface area contributed by atoms with Crippen molar-refractivity contribution in [3.63, 3.8) is 0 Å². The van der Waals surface area contributed by atoms with Crippen molar-refractivity contribution >= 4 is 17.2 Å². The molecule has 0 saturated carbocycles. The van der Waals surface area contributed by atoms with E-state index < -0.39 is 12.0 Å². The summed E-state index contributed by atoms with van der Waals surface area (Å²) in [7, 11) is 0. The molecule has 1 aromatic carbocycles. The Morgan fingerprint density at radius 2 is 1.86 bits per heavy atom. The minimum Gasteiger partial charge on any atom is -0.480 e. The minimum atomic E-state index is -0.766. The van der Waals surface area contributed by atoms with E-state index in [1.54, 1.807) is 0 Å². The van der Waals surface area contributed by atoms with Crippen LogP contribution in [0.25, 0.3) is 5.57 Å². The van der Waals surface area contributed by atoms with Gasteiger partial charge in [-0.15, -0.1) is 0 Å². The van der Waals surface area contributed by atoms with Crippen molar-refractivity contribution in [2.24, 2.45) is 5.92 Å². The third-order valence-corrected chi connectivity index (χ3v) is 4.19. The van der Waals surface area contributed by atoms with Gasteiger partial charge in [-0.1, -0.05) is 31.6 Å². The molecule has 1 aromatic rings. The molecular weight excluding hydrogens is 262 g/mol. The number of anilines is 1. The van der Waals surface area contributed by atoms with E-state index in [1.165, 1.54) is 11.1 Å². The average Bonchev–Trinajstić information content (AvgIpc) is 2.33. The summed E-state index contributed by atoms with van der Waals surface area (Å²) in [6.07, 6.45) is 2.17. The number of benzene rings is 1. The number of aliphatic carboxylic acids is 1. The molecule has 0 aliphatic carbocycles. The molecule has 1 N–H and O–H groups in total. The molecule has 3 nitrogen and oxygen atoms in total. The molecule has 0 bridgehead atoms. The van der Waals surface area contributed by atoms with E-state index in [2.05, 4.69) is 56.9 Å². The highest BCUT2D eigenvalue weighted by atomic mass is 16.4. The van der Waals surface area contributed by atoms with Gasteiger partial charge in [0.25, 0.3) is 0 Å². The van der Waals surface area contributed by atoms with E-state index in [-0.39, 0.29) is 11.5 Å². The van der Waals surface area contributed by atoms with E-state index in [4.69, 9.17) is 0 Å². The summed E-state index contributed by atoms with van der Waals surface area (Å²) < 4.78 is 0. The van der Waals surface area contributed by atoms with Crippen LogP contribution in [0.15, 0.2) is 24.3 Å². The molecule has 1 unspecified atom stereocenters. The fourth-order valence-corrected chi connectivity index (χ4v) is 3.37. The summed E-state index contributed by atoms with van der Waals surface area (Å²) in [5.41, 5.74) is 4.24. The van der Waals surface area contributed by atoms with Crippen LogP contribution < -0.4 is 4.90 Å². The van der Waals surface area contributed by atoms with Gasteiger partial charge >= 0.3 is 5.97 Å². The van der Waals surface area contributed by atoms with Crippen LogP contribution in [0.2, 0.25) is 0 Å². The lowest BCUT2D eigenvalue weighted by atomic mass is 9.84. The molecule has 0 saturated heterocycles. The molecule has 114 valence electrons. The topological polar surface area (TPSA) is 40.5 Å². The molecular formula is C18H25NO2. The van der Waals surface area contributed by atoms with Gasteiger partial charge in [-0.3, -0.25) is 0 Å². The maximum Gasteiger partial charge on any atom is 0.326 e. The Labute approximate surface area is 127 Å². The van der Waals surface area contributed by atoms with Crippen LogP contribution in [-0.2, 0) is 4.79 Å². The third-order valence-electron chi connectivity index (χ3n) is 4.19. The highest BCUT2D eigenvalue weighted by Crippen LogP contribution is 2.41. The Kier molecular flexibility index (Phi) is 3.87. The van der Waals surface area contributed by atoms with Crippen molar-refractivity contribution in [2.75, 3.05) is 4.90 Å². The van der Waals surface area contributed by atoms with Gasteiger partial charge in [-0.2, -0.15) is 0 Å². The van der Waals surface area contributed by atoms with Crippen molar-refractivity contribution in [3.8, 4) is 0 Å². The number of carboxylic acids is 1. The molecule has 1 heterocycles. The summed E-state index contributed by atoms with van der Waals surface area (Å²) in [5, 5.41) is 9.71. The van der Waals surface area contributed by atoms with Crippen LogP contribution in [0.5, 0.6) is 0 Å². The fraction of sp³-hybridized carbons (Fsp3) is 0.500. The third kappa shape index (κ3) is 2.69. The molecule has 0 radical (unpaired) electrons. The molecule has 0 amide bonds. The first-order chi connectivity index (χ1) is 9.65. The van der Waals surface area contributed by atoms with Gasteiger partial charge in [0, 0.05) is 11.3 Å². The summed E-state index contributed by atoms with van der Waals surface area (Å²) in [6.45, 7) is 12.3. The number of aryl methyl sites for hydroxylation is 1. The fourth-order valence-electron chi connectivity index (χ4n) is 3.37. The summed E-state index contributed by atoms with van der Waals surface area (Å²) in [5.74, 6) is -0.736. The van der Waals surface area contributed by atoms with Gasteiger partial charge < -0.3 is 10.0 Å². The highest BCUT2D eigenvalue weighted by molar-refractivity contribution is 5.87. The molecule has 1 aliphatic rings. The van der Waals surface area contributed by atoms with Crippen molar-refractivity contribution in [1.29, 1.82) is 0 Å². The molecule has 3 heteroatoms. The van der Waals surface area contributed by atoms with Gasteiger partial charge in [-0.25, -0.2) is 4.79 Å². The monoisotopic (exact) mass is 287 g/mol. The van der Waals surface area contributed by atoms with E-state index in [9.17, 15) is 9.90 Å². The lowest BCUT2D eigenvalue weighted by molar-refractivity contribution is -0.140. The maximum atomic E-state index is 11.8. The number of carbonyl (C=O) groups is 1. The molecule has 2 rings (SSSR count). The Hall–Kier alpha value is -1.77. The van der Waals surface area contributed by atoms with E-state index in [0.29, 0.717) is 0 Å². The summed E-state index contributed by atoms with van der Waals surface area (Å²) >= 11 is 0. The highest BCUT2D eigenvalue weighted by Gasteiger charge is 2.40. The standard InChI is InChI=1S/C18H25NO2/c1-11(2)16(17(20)21)19-15-8-7-12(3)9-14(15)13(4)10-18(19,5)6/h7-11,16H,1-6H3,(H,20,21). The summed E-state index contributed by atoms with van der Waals surface area (Å²) in [6, 6.07) is 5.72. The Morgan fingerprint density at radius 1 is 1.24 bits per heavy atom. The predicted molar refractivity (Wildman–Crippen MR) is 87.6 cm³/mol. The molecule has 0 fully saturated rings. The second-order valence-corrected chi connectivity index (χ2v) is 6.90. The molecule has 21 heavy (non-hydrogen) atoms. The Balaban J connectivity index is 2.67. The van der Waals surface area contributed by atoms with Gasteiger partial charge in [-0.05, 0) is 51.3 Å². The first-order valence-electron chi connectivity index (χ1n) is 7.48. The Morgan fingerprint density at radius 3 is 2.38 bits per heavy atom. The van der Waals surface area contributed by atoms with Crippen molar-refractivity contribution in [1.82, 2.24) is 0 Å². The lowest BCUT2D eigenvalue weighted by Gasteiger charge is -2.47. The van der Waals surface area contributed by atoms with Crippen LogP contribution in [0.4, 0.5) is 5.69 Å². The van der Waals surface area contributed by atoms with Gasteiger partial charge in [0.1, 0.15) is 6.04 Å². The number of nitrogens with zero attached hydrogens (tertiary/aromatic N) is 1. The SMILES string of the molecule is CC1=CC(C)(C)N(C(C(=O)O)C(C)C)c2ccc(C)cc21. The largest absolute Gasteiger partial charge is 0.480 e. The summed E-state index contributed by atoms with van der Waals surface area (Å²) in [4.78, 5) is 13.9. The maximum absolute atomic E-state index is 11.8. The lowest BCUT2D eigenvalue weighted by Crippen LogP contribution is -2.56. The molecule has 0 spiro atoms. The van der Waals surface area contributed by atoms with Gasteiger partial charge in [0.15, 0.2) is 0 Å². The normalized spacial score (nSPS) is 18.2. The number of allylic oxidation sites excluding steroid dienone is 1. The number of rotatable bonds is 3. The van der Waals surface area contributed by atoms with E-state index >= 15 is 0 Å². The van der Waals surface area contributed by atoms with Crippen LogP contribution >= 0.6 is 0 Å². The van der Waals surface area contributed by atoms with Gasteiger partial charge in [0.2, 0.25) is 0 Å². The predicted octanol–water partition coefficient (Wildman–Crippen LogP) is 4.11. The zero-order valence-electron chi connectivity index (χ0n) is 13.8. The number of hydrogen-bond donors (Lipinski definition) is 1. The second-order valence-electron chi connectivity index (χ2n) is 6.90. The minimum absolute atomic E-state index is 0.0303. The number of hydrogen-bond acceptors (Lipinski definition) is 2. The zero-order valence-corrected chi connectivity index (χ0v) is 13.8. The van der Waals surface area contributed by atoms with E-state index in [0.717, 1.165) is 11.3 Å². The van der Waals surface area contributed by atoms with Crippen LogP contribution in [-0.4, -0.2) is 22.7 Å². The first-order valence-corrected chi connectivity index (χ1v) is 7.48. The molecule has 1 aliphatic heterocycles. The van der Waals surface area contributed by atoms with Crippen molar-refractivity contribution in [3.05, 3.63) is 35.4 Å². The smallest absolute Gasteiger partial charge is 0.326 e. The van der Waals surface area contributed by atoms with Gasteiger partial charge in [0.05, 0.1) is 5.54 Å². The molecule has 1 atom stereocenters. The first kappa shape index (κ1) is 15.6. The van der Waals surface area contributed by atoms with Crippen LogP contribution in [0.1, 0.15) is 45.7 Å². The Bertz CT molecular complexity index is 599. The quantitative estimate of drug-likeness (QED) is 0.909. The number of carboxylic acid groups (broad SMARTS) is 1. The van der Waals surface area contributed by atoms with Crippen LogP contribution in [0.3, 0.4) is 0 Å². The number of fused-ring (bicyclic) bond motifs is 1. The second kappa shape index (κ2) is 5.21. The average molecular weight is 287 g/mol. The van der Waals surface area contributed by atoms with E-state index in [1.807, 2.05) is 13.8 Å². The molecule has 0 aromatic heterocycles. The van der Waals surface area contributed by atoms with Crippen molar-refractivity contribution in [2.45, 2.75) is 53.1 Å². The van der Waals surface area contributed by atoms with Crippen LogP contribution in [0, 0.1) is 12.8 Å². The zero-order chi connectivity index (χ0) is 15.9.